The van der Waals surface area contributed by atoms with Crippen LogP contribution in [0, 0.1) is 0 Å². The predicted molar refractivity (Wildman–Crippen MR) is 119 cm³/mol. The zero-order chi connectivity index (χ0) is 20.3. The number of nitrogens with one attached hydrogen (secondary N) is 1. The van der Waals surface area contributed by atoms with Crippen molar-refractivity contribution in [2.75, 3.05) is 36.5 Å². The highest BCUT2D eigenvalue weighted by molar-refractivity contribution is 6.01. The van der Waals surface area contributed by atoms with Crippen LogP contribution < -0.4 is 10.2 Å². The molecule has 2 aliphatic heterocycles. The third-order valence-corrected chi connectivity index (χ3v) is 5.80. The molecule has 1 N–H and O–H groups in total. The highest BCUT2D eigenvalue weighted by Crippen LogP contribution is 2.34. The van der Waals surface area contributed by atoms with E-state index < -0.39 is 0 Å². The second-order valence-corrected chi connectivity index (χ2v) is 7.70. The second-order valence-electron chi connectivity index (χ2n) is 7.70. The lowest BCUT2D eigenvalue weighted by Gasteiger charge is -2.38. The van der Waals surface area contributed by atoms with Crippen LogP contribution in [-0.4, -0.2) is 37.1 Å². The Morgan fingerprint density at radius 2 is 1.57 bits per heavy atom. The average molecular weight is 399 g/mol. The van der Waals surface area contributed by atoms with E-state index in [0.29, 0.717) is 6.54 Å². The fraction of sp³-hybridized carbons (Fsp3) is 0.240. The van der Waals surface area contributed by atoms with E-state index in [0.717, 1.165) is 48.7 Å². The Hall–Kier alpha value is -3.31. The van der Waals surface area contributed by atoms with Crippen molar-refractivity contribution in [1.29, 1.82) is 0 Å². The zero-order valence-electron chi connectivity index (χ0n) is 16.8. The topological polar surface area (TPSA) is 44.8 Å². The van der Waals surface area contributed by atoms with E-state index >= 15 is 0 Å². The zero-order valence-corrected chi connectivity index (χ0v) is 16.8. The van der Waals surface area contributed by atoms with Gasteiger partial charge in [0.25, 0.3) is 5.91 Å². The maximum absolute atomic E-state index is 13.4. The molecule has 2 heterocycles. The minimum atomic E-state index is -0.216. The van der Waals surface area contributed by atoms with Gasteiger partial charge in [0, 0.05) is 31.0 Å². The molecule has 3 aromatic rings. The summed E-state index contributed by atoms with van der Waals surface area (Å²) in [4.78, 5) is 17.6. The molecule has 0 radical (unpaired) electrons. The quantitative estimate of drug-likeness (QED) is 0.711. The molecule has 0 saturated carbocycles. The number of fused-ring (bicyclic) bond motifs is 1. The van der Waals surface area contributed by atoms with E-state index in [2.05, 4.69) is 46.6 Å². The molecule has 0 bridgehead atoms. The number of para-hydroxylation sites is 1. The van der Waals surface area contributed by atoms with Crippen LogP contribution >= 0.6 is 0 Å². The number of hydrogen-bond donors (Lipinski definition) is 1. The number of hydrogen-bond acceptors (Lipinski definition) is 4. The molecule has 3 aromatic carbocycles. The summed E-state index contributed by atoms with van der Waals surface area (Å²) in [5.41, 5.74) is 4.98. The van der Waals surface area contributed by atoms with Gasteiger partial charge in [-0.15, -0.1) is 0 Å². The maximum Gasteiger partial charge on any atom is 0.258 e. The van der Waals surface area contributed by atoms with E-state index in [4.69, 9.17) is 4.74 Å². The van der Waals surface area contributed by atoms with Crippen LogP contribution in [-0.2, 0) is 11.3 Å². The molecule has 0 unspecified atom stereocenters. The number of rotatable bonds is 4. The fourth-order valence-electron chi connectivity index (χ4n) is 4.19. The van der Waals surface area contributed by atoms with E-state index in [1.54, 1.807) is 0 Å². The van der Waals surface area contributed by atoms with Gasteiger partial charge < -0.3 is 19.9 Å². The number of benzene rings is 3. The van der Waals surface area contributed by atoms with Gasteiger partial charge in [0.15, 0.2) is 0 Å². The van der Waals surface area contributed by atoms with E-state index in [9.17, 15) is 4.79 Å². The Morgan fingerprint density at radius 3 is 2.33 bits per heavy atom. The van der Waals surface area contributed by atoms with Crippen LogP contribution in [0.5, 0.6) is 0 Å². The minimum Gasteiger partial charge on any atom is -0.378 e. The molecule has 5 rings (SSSR count). The molecule has 30 heavy (non-hydrogen) atoms. The summed E-state index contributed by atoms with van der Waals surface area (Å²) in [5, 5.41) is 3.58. The van der Waals surface area contributed by atoms with Gasteiger partial charge in [-0.3, -0.25) is 4.79 Å². The lowest BCUT2D eigenvalue weighted by molar-refractivity contribution is 0.0666. The van der Waals surface area contributed by atoms with Crippen LogP contribution in [0.1, 0.15) is 27.7 Å². The number of carbonyl (C=O) groups is 1. The first-order valence-electron chi connectivity index (χ1n) is 10.4. The smallest absolute Gasteiger partial charge is 0.258 e. The molecule has 0 spiro atoms. The second kappa shape index (κ2) is 8.20. The molecule has 2 aliphatic rings. The summed E-state index contributed by atoms with van der Waals surface area (Å²) in [7, 11) is 0. The van der Waals surface area contributed by atoms with E-state index in [1.165, 1.54) is 5.69 Å². The van der Waals surface area contributed by atoms with Gasteiger partial charge in [-0.05, 0) is 35.4 Å². The predicted octanol–water partition coefficient (Wildman–Crippen LogP) is 4.29. The van der Waals surface area contributed by atoms with Crippen LogP contribution in [0.2, 0.25) is 0 Å². The van der Waals surface area contributed by atoms with Crippen molar-refractivity contribution >= 4 is 17.3 Å². The van der Waals surface area contributed by atoms with Crippen molar-refractivity contribution in [2.24, 2.45) is 0 Å². The van der Waals surface area contributed by atoms with Crippen molar-refractivity contribution in [1.82, 2.24) is 4.90 Å². The lowest BCUT2D eigenvalue weighted by Crippen LogP contribution is -2.42. The number of ether oxygens (including phenoxy) is 1. The molecule has 152 valence electrons. The van der Waals surface area contributed by atoms with Crippen molar-refractivity contribution in [3.8, 4) is 0 Å². The summed E-state index contributed by atoms with van der Waals surface area (Å²) in [6, 6.07) is 26.4. The SMILES string of the molecule is O=C1c2ccccc2N[C@H](c2ccc(N3CCOCC3)cc2)N1Cc1ccccc1. The van der Waals surface area contributed by atoms with Crippen molar-refractivity contribution in [2.45, 2.75) is 12.7 Å². The first kappa shape index (κ1) is 18.7. The largest absolute Gasteiger partial charge is 0.378 e. The normalized spacial score (nSPS) is 18.7. The van der Waals surface area contributed by atoms with E-state index in [1.807, 2.05) is 47.4 Å². The molecular formula is C25H25N3O2. The molecule has 1 atom stereocenters. The van der Waals surface area contributed by atoms with Gasteiger partial charge in [0.05, 0.1) is 18.8 Å². The standard InChI is InChI=1S/C25H25N3O2/c29-25-22-8-4-5-9-23(22)26-24(28(25)18-19-6-2-1-3-7-19)20-10-12-21(13-11-20)27-14-16-30-17-15-27/h1-13,24,26H,14-18H2/t24-/m0/s1. The Labute approximate surface area is 176 Å². The van der Waals surface area contributed by atoms with Gasteiger partial charge >= 0.3 is 0 Å². The Morgan fingerprint density at radius 1 is 0.867 bits per heavy atom. The molecule has 5 nitrogen and oxygen atoms in total. The van der Waals surface area contributed by atoms with Gasteiger partial charge in [0.1, 0.15) is 6.17 Å². The fourth-order valence-corrected chi connectivity index (χ4v) is 4.19. The van der Waals surface area contributed by atoms with Gasteiger partial charge in [-0.25, -0.2) is 0 Å². The van der Waals surface area contributed by atoms with Crippen LogP contribution in [0.15, 0.2) is 78.9 Å². The number of morpholine rings is 1. The Bertz CT molecular complexity index is 1010. The summed E-state index contributed by atoms with van der Waals surface area (Å²) in [5.74, 6) is 0.0514. The number of anilines is 2. The highest BCUT2D eigenvalue weighted by Gasteiger charge is 2.32. The van der Waals surface area contributed by atoms with Gasteiger partial charge in [0.2, 0.25) is 0 Å². The summed E-state index contributed by atoms with van der Waals surface area (Å²) < 4.78 is 5.46. The molecular weight excluding hydrogens is 374 g/mol. The lowest BCUT2D eigenvalue weighted by atomic mass is 10.0. The third-order valence-electron chi connectivity index (χ3n) is 5.80. The number of carbonyl (C=O) groups excluding carboxylic acids is 1. The number of amides is 1. The summed E-state index contributed by atoms with van der Waals surface area (Å²) >= 11 is 0. The van der Waals surface area contributed by atoms with Crippen LogP contribution in [0.4, 0.5) is 11.4 Å². The van der Waals surface area contributed by atoms with Crippen molar-refractivity contribution in [3.05, 3.63) is 95.6 Å². The molecule has 0 aromatic heterocycles. The van der Waals surface area contributed by atoms with Crippen molar-refractivity contribution in [3.63, 3.8) is 0 Å². The van der Waals surface area contributed by atoms with Crippen molar-refractivity contribution < 1.29 is 9.53 Å². The average Bonchev–Trinajstić information content (AvgIpc) is 2.82. The molecule has 5 heteroatoms. The molecule has 1 amide bonds. The first-order valence-corrected chi connectivity index (χ1v) is 10.4. The number of nitrogens with zero attached hydrogens (tertiary/aromatic N) is 2. The van der Waals surface area contributed by atoms with Crippen LogP contribution in [0.3, 0.4) is 0 Å². The van der Waals surface area contributed by atoms with Gasteiger partial charge in [-0.1, -0.05) is 54.6 Å². The third kappa shape index (κ3) is 3.64. The minimum absolute atomic E-state index is 0.0514. The molecule has 0 aliphatic carbocycles. The monoisotopic (exact) mass is 399 g/mol. The summed E-state index contributed by atoms with van der Waals surface area (Å²) in [6.07, 6.45) is -0.216. The molecule has 1 saturated heterocycles. The Kier molecular flexibility index (Phi) is 5.11. The summed E-state index contributed by atoms with van der Waals surface area (Å²) in [6.45, 7) is 3.90. The maximum atomic E-state index is 13.4. The van der Waals surface area contributed by atoms with E-state index in [-0.39, 0.29) is 12.1 Å². The van der Waals surface area contributed by atoms with Crippen LogP contribution in [0.25, 0.3) is 0 Å². The highest BCUT2D eigenvalue weighted by atomic mass is 16.5. The first-order chi connectivity index (χ1) is 14.8. The Balaban J connectivity index is 1.46. The van der Waals surface area contributed by atoms with Gasteiger partial charge in [-0.2, -0.15) is 0 Å². The molecule has 1 fully saturated rings.